The van der Waals surface area contributed by atoms with Gasteiger partial charge in [0.15, 0.2) is 0 Å². The minimum absolute atomic E-state index is 0.264. The highest BCUT2D eigenvalue weighted by Gasteiger charge is 2.21. The molecule has 0 radical (unpaired) electrons. The SMILES string of the molecule is O=C(NCc1ccc2[nH]c(=O)[nH]c2c1)Nc1cccc(CN2CCOC2=O)c1. The Morgan fingerprint density at radius 1 is 1.07 bits per heavy atom. The molecule has 9 nitrogen and oxygen atoms in total. The van der Waals surface area contributed by atoms with Crippen molar-refractivity contribution in [2.45, 2.75) is 13.1 Å². The predicted octanol–water partition coefficient (Wildman–Crippen LogP) is 2.13. The third kappa shape index (κ3) is 3.98. The third-order valence-corrected chi connectivity index (χ3v) is 4.44. The first-order valence-electron chi connectivity index (χ1n) is 8.83. The van der Waals surface area contributed by atoms with Crippen molar-refractivity contribution in [2.75, 3.05) is 18.5 Å². The molecule has 0 spiro atoms. The van der Waals surface area contributed by atoms with Crippen LogP contribution in [0.2, 0.25) is 0 Å². The first kappa shape index (κ1) is 17.7. The molecule has 0 saturated carbocycles. The number of hydrogen-bond acceptors (Lipinski definition) is 4. The monoisotopic (exact) mass is 381 g/mol. The maximum Gasteiger partial charge on any atom is 0.410 e. The van der Waals surface area contributed by atoms with Gasteiger partial charge in [-0.1, -0.05) is 18.2 Å². The fourth-order valence-corrected chi connectivity index (χ4v) is 3.08. The van der Waals surface area contributed by atoms with Crippen LogP contribution in [-0.2, 0) is 17.8 Å². The molecule has 2 aromatic carbocycles. The first-order valence-corrected chi connectivity index (χ1v) is 8.83. The second kappa shape index (κ2) is 7.47. The number of aromatic amines is 2. The molecule has 2 heterocycles. The fourth-order valence-electron chi connectivity index (χ4n) is 3.08. The quantitative estimate of drug-likeness (QED) is 0.541. The maximum absolute atomic E-state index is 12.2. The fraction of sp³-hybridized carbons (Fsp3) is 0.211. The normalized spacial score (nSPS) is 13.6. The van der Waals surface area contributed by atoms with E-state index in [-0.39, 0.29) is 17.8 Å². The van der Waals surface area contributed by atoms with E-state index in [9.17, 15) is 14.4 Å². The van der Waals surface area contributed by atoms with Gasteiger partial charge in [0, 0.05) is 18.8 Å². The molecule has 3 amide bonds. The number of nitrogens with one attached hydrogen (secondary N) is 4. The molecule has 0 unspecified atom stereocenters. The average Bonchev–Trinajstić information content (AvgIpc) is 3.24. The van der Waals surface area contributed by atoms with E-state index in [1.165, 1.54) is 0 Å². The summed E-state index contributed by atoms with van der Waals surface area (Å²) in [6.07, 6.45) is -0.322. The standard InChI is InChI=1S/C19H19N5O4/c25-17(20-10-12-4-5-15-16(9-12)23-18(26)22-15)21-14-3-1-2-13(8-14)11-24-6-7-28-19(24)27/h1-5,8-9H,6-7,10-11H2,(H2,20,21,25)(H2,22,23,26). The summed E-state index contributed by atoms with van der Waals surface area (Å²) in [5, 5.41) is 5.56. The number of aromatic nitrogens is 2. The van der Waals surface area contributed by atoms with Crippen molar-refractivity contribution in [3.8, 4) is 0 Å². The van der Waals surface area contributed by atoms with Gasteiger partial charge in [-0.15, -0.1) is 0 Å². The summed E-state index contributed by atoms with van der Waals surface area (Å²) in [6.45, 7) is 1.72. The van der Waals surface area contributed by atoms with Gasteiger partial charge in [0.25, 0.3) is 0 Å². The van der Waals surface area contributed by atoms with Gasteiger partial charge in [0.1, 0.15) is 6.61 Å². The predicted molar refractivity (Wildman–Crippen MR) is 103 cm³/mol. The number of nitrogens with zero attached hydrogens (tertiary/aromatic N) is 1. The minimum Gasteiger partial charge on any atom is -0.448 e. The number of fused-ring (bicyclic) bond motifs is 1. The van der Waals surface area contributed by atoms with Crippen LogP contribution in [-0.4, -0.2) is 40.1 Å². The summed E-state index contributed by atoms with van der Waals surface area (Å²) in [4.78, 5) is 42.0. The van der Waals surface area contributed by atoms with Crippen molar-refractivity contribution in [3.63, 3.8) is 0 Å². The second-order valence-electron chi connectivity index (χ2n) is 6.50. The molecular formula is C19H19N5O4. The summed E-state index contributed by atoms with van der Waals surface area (Å²) < 4.78 is 4.92. The van der Waals surface area contributed by atoms with Crippen LogP contribution in [0.3, 0.4) is 0 Å². The number of rotatable bonds is 5. The topological polar surface area (TPSA) is 119 Å². The Labute approximate surface area is 159 Å². The molecule has 1 aromatic heterocycles. The minimum atomic E-state index is -0.347. The first-order chi connectivity index (χ1) is 13.6. The van der Waals surface area contributed by atoms with Crippen molar-refractivity contribution in [2.24, 2.45) is 0 Å². The van der Waals surface area contributed by atoms with Gasteiger partial charge >= 0.3 is 17.8 Å². The van der Waals surface area contributed by atoms with Crippen molar-refractivity contribution in [3.05, 3.63) is 64.1 Å². The van der Waals surface area contributed by atoms with Crippen molar-refractivity contribution >= 4 is 28.8 Å². The van der Waals surface area contributed by atoms with Gasteiger partial charge in [-0.05, 0) is 35.4 Å². The van der Waals surface area contributed by atoms with E-state index in [0.717, 1.165) is 16.6 Å². The maximum atomic E-state index is 12.2. The van der Waals surface area contributed by atoms with E-state index in [2.05, 4.69) is 20.6 Å². The van der Waals surface area contributed by atoms with E-state index in [1.807, 2.05) is 30.3 Å². The molecule has 144 valence electrons. The number of carbonyl (C=O) groups excluding carboxylic acids is 2. The van der Waals surface area contributed by atoms with Gasteiger partial charge in [0.2, 0.25) is 0 Å². The molecule has 3 aromatic rings. The molecule has 0 aliphatic carbocycles. The van der Waals surface area contributed by atoms with Gasteiger partial charge in [-0.3, -0.25) is 0 Å². The van der Waals surface area contributed by atoms with E-state index in [4.69, 9.17) is 4.74 Å². The summed E-state index contributed by atoms with van der Waals surface area (Å²) in [6, 6.07) is 12.4. The largest absolute Gasteiger partial charge is 0.448 e. The lowest BCUT2D eigenvalue weighted by molar-refractivity contribution is 0.157. The number of imidazole rings is 1. The average molecular weight is 381 g/mol. The number of urea groups is 1. The Bertz CT molecular complexity index is 1090. The van der Waals surface area contributed by atoms with E-state index < -0.39 is 0 Å². The zero-order valence-electron chi connectivity index (χ0n) is 15.0. The van der Waals surface area contributed by atoms with Crippen molar-refractivity contribution in [1.29, 1.82) is 0 Å². The third-order valence-electron chi connectivity index (χ3n) is 4.44. The van der Waals surface area contributed by atoms with Crippen LogP contribution in [0, 0.1) is 0 Å². The van der Waals surface area contributed by atoms with Crippen LogP contribution in [0.5, 0.6) is 0 Å². The summed E-state index contributed by atoms with van der Waals surface area (Å²) in [5.41, 5.74) is 3.54. The van der Waals surface area contributed by atoms with Crippen LogP contribution in [0.1, 0.15) is 11.1 Å². The lowest BCUT2D eigenvalue weighted by Crippen LogP contribution is -2.28. The molecule has 0 atom stereocenters. The number of amides is 3. The van der Waals surface area contributed by atoms with Gasteiger partial charge in [0.05, 0.1) is 17.6 Å². The highest BCUT2D eigenvalue weighted by atomic mass is 16.6. The Kier molecular flexibility index (Phi) is 4.71. The lowest BCUT2D eigenvalue weighted by atomic mass is 10.2. The van der Waals surface area contributed by atoms with Gasteiger partial charge in [-0.2, -0.15) is 0 Å². The van der Waals surface area contributed by atoms with E-state index >= 15 is 0 Å². The van der Waals surface area contributed by atoms with Gasteiger partial charge in [-0.25, -0.2) is 14.4 Å². The Balaban J connectivity index is 1.34. The van der Waals surface area contributed by atoms with Crippen molar-refractivity contribution < 1.29 is 14.3 Å². The van der Waals surface area contributed by atoms with Crippen LogP contribution in [0.4, 0.5) is 15.3 Å². The molecule has 9 heteroatoms. The molecular weight excluding hydrogens is 362 g/mol. The molecule has 28 heavy (non-hydrogen) atoms. The smallest absolute Gasteiger partial charge is 0.410 e. The van der Waals surface area contributed by atoms with Crippen LogP contribution >= 0.6 is 0 Å². The van der Waals surface area contributed by atoms with Gasteiger partial charge < -0.3 is 30.2 Å². The van der Waals surface area contributed by atoms with Crippen molar-refractivity contribution in [1.82, 2.24) is 20.2 Å². The number of benzene rings is 2. The lowest BCUT2D eigenvalue weighted by Gasteiger charge is -2.14. The second-order valence-corrected chi connectivity index (χ2v) is 6.50. The highest BCUT2D eigenvalue weighted by molar-refractivity contribution is 5.89. The molecule has 1 aliphatic rings. The molecule has 4 rings (SSSR count). The molecule has 0 bridgehead atoms. The van der Waals surface area contributed by atoms with E-state index in [1.54, 1.807) is 17.0 Å². The molecule has 1 saturated heterocycles. The zero-order chi connectivity index (χ0) is 19.5. The number of cyclic esters (lactones) is 1. The van der Waals surface area contributed by atoms with E-state index in [0.29, 0.717) is 37.4 Å². The number of anilines is 1. The molecule has 1 aliphatic heterocycles. The number of ether oxygens (including phenoxy) is 1. The summed E-state index contributed by atoms with van der Waals surface area (Å²) in [5.74, 6) is 0. The Morgan fingerprint density at radius 3 is 2.75 bits per heavy atom. The van der Waals surface area contributed by atoms with Crippen LogP contribution < -0.4 is 16.3 Å². The summed E-state index contributed by atoms with van der Waals surface area (Å²) in [7, 11) is 0. The Hall–Kier alpha value is -3.75. The number of hydrogen-bond donors (Lipinski definition) is 4. The number of carbonyl (C=O) groups is 2. The molecule has 1 fully saturated rings. The van der Waals surface area contributed by atoms with Crippen LogP contribution in [0.15, 0.2) is 47.3 Å². The van der Waals surface area contributed by atoms with Crippen LogP contribution in [0.25, 0.3) is 11.0 Å². The Morgan fingerprint density at radius 2 is 1.93 bits per heavy atom. The highest BCUT2D eigenvalue weighted by Crippen LogP contribution is 2.15. The summed E-state index contributed by atoms with van der Waals surface area (Å²) >= 11 is 0. The molecule has 4 N–H and O–H groups in total. The zero-order valence-corrected chi connectivity index (χ0v) is 15.0. The number of H-pyrrole nitrogens is 2.